The molecular weight excluding hydrogens is 644 g/mol. The van der Waals surface area contributed by atoms with E-state index in [2.05, 4.69) is 62.4 Å². The molecule has 0 saturated heterocycles. The minimum atomic E-state index is -0.128. The highest BCUT2D eigenvalue weighted by Crippen LogP contribution is 2.46. The number of amides is 2. The first-order valence-electron chi connectivity index (χ1n) is 14.1. The summed E-state index contributed by atoms with van der Waals surface area (Å²) in [5, 5.41) is 0. The maximum absolute atomic E-state index is 13.9. The van der Waals surface area contributed by atoms with Gasteiger partial charge in [-0.1, -0.05) is 78.1 Å². The maximum Gasteiger partial charge on any atom is 0.263 e. The molecule has 0 unspecified atom stereocenters. The Labute approximate surface area is 252 Å². The van der Waals surface area contributed by atoms with Gasteiger partial charge in [0.1, 0.15) is 0 Å². The van der Waals surface area contributed by atoms with Crippen LogP contribution in [0.5, 0.6) is 0 Å². The van der Waals surface area contributed by atoms with Crippen molar-refractivity contribution in [2.45, 2.75) is 97.4 Å². The van der Waals surface area contributed by atoms with Crippen LogP contribution in [0.15, 0.2) is 31.8 Å². The average Bonchev–Trinajstić information content (AvgIpc) is 3.65. The van der Waals surface area contributed by atoms with E-state index in [0.29, 0.717) is 17.7 Å². The number of carbonyl (C=O) groups excluding carboxylic acids is 2. The van der Waals surface area contributed by atoms with Crippen molar-refractivity contribution in [1.82, 2.24) is 9.47 Å². The summed E-state index contributed by atoms with van der Waals surface area (Å²) in [5.41, 5.74) is 3.02. The van der Waals surface area contributed by atoms with E-state index in [9.17, 15) is 9.59 Å². The monoisotopic (exact) mass is 680 g/mol. The van der Waals surface area contributed by atoms with Crippen LogP contribution < -0.4 is 0 Å². The van der Waals surface area contributed by atoms with Crippen LogP contribution in [0, 0.1) is 0 Å². The number of halogens is 2. The van der Waals surface area contributed by atoms with Gasteiger partial charge in [0, 0.05) is 13.1 Å². The minimum Gasteiger partial charge on any atom is -0.338 e. The van der Waals surface area contributed by atoms with Crippen LogP contribution in [-0.2, 0) is 6.54 Å². The lowest BCUT2D eigenvalue weighted by Crippen LogP contribution is -2.31. The van der Waals surface area contributed by atoms with E-state index in [0.717, 1.165) is 67.4 Å². The highest BCUT2D eigenvalue weighted by molar-refractivity contribution is 9.11. The highest BCUT2D eigenvalue weighted by atomic mass is 79.9. The molecule has 0 aliphatic carbocycles. The molecule has 0 radical (unpaired) electrons. The number of thiophene rings is 2. The summed E-state index contributed by atoms with van der Waals surface area (Å²) in [6.07, 6.45) is 13.9. The molecule has 0 fully saturated rings. The highest BCUT2D eigenvalue weighted by Gasteiger charge is 2.44. The van der Waals surface area contributed by atoms with Crippen molar-refractivity contribution in [2.75, 3.05) is 6.54 Å². The number of fused-ring (bicyclic) bond motifs is 1. The summed E-state index contributed by atoms with van der Waals surface area (Å²) in [6.45, 7) is 5.75. The summed E-state index contributed by atoms with van der Waals surface area (Å²) < 4.78 is 4.32. The van der Waals surface area contributed by atoms with Gasteiger partial charge in [-0.25, -0.2) is 0 Å². The Balaban J connectivity index is 1.69. The Morgan fingerprint density at radius 3 is 1.45 bits per heavy atom. The lowest BCUT2D eigenvalue weighted by atomic mass is 10.1. The standard InChI is InChI=1S/C30H38Br2N2O2S2/c1-3-5-7-9-11-13-19-33-27(21-15-17-23(31)37-21)25-26(28(33)22-16-18-24(32)38-22)30(36)34(29(25)35)20-14-12-10-8-6-4-2/h15-18H,3-14,19-20H2,1-2H3. The van der Waals surface area contributed by atoms with Crippen LogP contribution in [0.25, 0.3) is 21.1 Å². The van der Waals surface area contributed by atoms with Crippen LogP contribution in [-0.4, -0.2) is 27.8 Å². The number of unbranched alkanes of at least 4 members (excludes halogenated alkanes) is 10. The molecule has 1 aliphatic rings. The van der Waals surface area contributed by atoms with Gasteiger partial charge in [-0.3, -0.25) is 14.5 Å². The molecule has 4 rings (SSSR count). The number of carbonyl (C=O) groups is 2. The SMILES string of the molecule is CCCCCCCCN1C(=O)c2c(c(-c3ccc(Br)s3)n(CCCCCCCC)c2-c2ccc(Br)s2)C1=O. The number of rotatable bonds is 16. The van der Waals surface area contributed by atoms with E-state index < -0.39 is 0 Å². The summed E-state index contributed by atoms with van der Waals surface area (Å²) in [4.78, 5) is 31.4. The van der Waals surface area contributed by atoms with Gasteiger partial charge in [0.05, 0.1) is 39.8 Å². The predicted molar refractivity (Wildman–Crippen MR) is 169 cm³/mol. The van der Waals surface area contributed by atoms with E-state index in [4.69, 9.17) is 0 Å². The fourth-order valence-corrected chi connectivity index (χ4v) is 8.21. The molecule has 38 heavy (non-hydrogen) atoms. The van der Waals surface area contributed by atoms with Gasteiger partial charge in [0.2, 0.25) is 0 Å². The molecule has 0 atom stereocenters. The second kappa shape index (κ2) is 14.4. The molecule has 4 heterocycles. The van der Waals surface area contributed by atoms with Crippen molar-refractivity contribution in [3.63, 3.8) is 0 Å². The van der Waals surface area contributed by atoms with Gasteiger partial charge in [0.15, 0.2) is 0 Å². The van der Waals surface area contributed by atoms with Crippen molar-refractivity contribution in [2.24, 2.45) is 0 Å². The van der Waals surface area contributed by atoms with Crippen molar-refractivity contribution in [3.8, 4) is 21.1 Å². The molecule has 3 aromatic rings. The second-order valence-electron chi connectivity index (χ2n) is 10.1. The Kier molecular flexibility index (Phi) is 11.3. The Hall–Kier alpha value is -1.22. The minimum absolute atomic E-state index is 0.128. The number of hydrogen-bond acceptors (Lipinski definition) is 4. The summed E-state index contributed by atoms with van der Waals surface area (Å²) in [5.74, 6) is -0.256. The van der Waals surface area contributed by atoms with E-state index in [1.165, 1.54) is 49.8 Å². The Morgan fingerprint density at radius 1 is 0.605 bits per heavy atom. The van der Waals surface area contributed by atoms with Gasteiger partial charge in [-0.2, -0.15) is 0 Å². The van der Waals surface area contributed by atoms with Gasteiger partial charge in [-0.15, -0.1) is 22.7 Å². The van der Waals surface area contributed by atoms with E-state index in [1.807, 2.05) is 12.1 Å². The molecule has 3 aromatic heterocycles. The number of imide groups is 1. The zero-order chi connectivity index (χ0) is 27.1. The normalized spacial score (nSPS) is 13.2. The first-order valence-corrected chi connectivity index (χ1v) is 17.3. The first kappa shape index (κ1) is 29.8. The zero-order valence-corrected chi connectivity index (χ0v) is 27.3. The fourth-order valence-electron chi connectivity index (χ4n) is 5.32. The van der Waals surface area contributed by atoms with Gasteiger partial charge in [-0.05, 0) is 69.0 Å². The van der Waals surface area contributed by atoms with Crippen LogP contribution >= 0.6 is 54.5 Å². The lowest BCUT2D eigenvalue weighted by molar-refractivity contribution is 0.0650. The van der Waals surface area contributed by atoms with Crippen molar-refractivity contribution < 1.29 is 9.59 Å². The molecule has 0 aromatic carbocycles. The molecular formula is C30H38Br2N2O2S2. The predicted octanol–water partition coefficient (Wildman–Crippen LogP) is 10.8. The zero-order valence-electron chi connectivity index (χ0n) is 22.5. The Morgan fingerprint density at radius 2 is 1.03 bits per heavy atom. The molecule has 2 amide bonds. The molecule has 0 saturated carbocycles. The topological polar surface area (TPSA) is 42.3 Å². The third-order valence-corrected chi connectivity index (χ3v) is 10.5. The molecule has 1 aliphatic heterocycles. The second-order valence-corrected chi connectivity index (χ2v) is 15.0. The van der Waals surface area contributed by atoms with E-state index in [1.54, 1.807) is 22.7 Å². The van der Waals surface area contributed by atoms with Crippen LogP contribution in [0.2, 0.25) is 0 Å². The summed E-state index contributed by atoms with van der Waals surface area (Å²) in [6, 6.07) is 8.21. The number of hydrogen-bond donors (Lipinski definition) is 0. The molecule has 0 spiro atoms. The van der Waals surface area contributed by atoms with Crippen LogP contribution in [0.3, 0.4) is 0 Å². The summed E-state index contributed by atoms with van der Waals surface area (Å²) in [7, 11) is 0. The number of nitrogens with zero attached hydrogens (tertiary/aromatic N) is 2. The van der Waals surface area contributed by atoms with Crippen LogP contribution in [0.1, 0.15) is 112 Å². The quantitative estimate of drug-likeness (QED) is 0.111. The van der Waals surface area contributed by atoms with Gasteiger partial charge in [0.25, 0.3) is 11.8 Å². The average molecular weight is 683 g/mol. The molecule has 206 valence electrons. The van der Waals surface area contributed by atoms with E-state index in [-0.39, 0.29) is 11.8 Å². The third kappa shape index (κ3) is 6.73. The lowest BCUT2D eigenvalue weighted by Gasteiger charge is -2.18. The fraction of sp³-hybridized carbons (Fsp3) is 0.533. The Bertz CT molecular complexity index is 1170. The van der Waals surface area contributed by atoms with E-state index >= 15 is 0 Å². The van der Waals surface area contributed by atoms with Crippen LogP contribution in [0.4, 0.5) is 0 Å². The van der Waals surface area contributed by atoms with Crippen molar-refractivity contribution in [3.05, 3.63) is 43.0 Å². The molecule has 0 bridgehead atoms. The van der Waals surface area contributed by atoms with Gasteiger partial charge >= 0.3 is 0 Å². The molecule has 0 N–H and O–H groups in total. The third-order valence-electron chi connectivity index (χ3n) is 7.27. The first-order chi connectivity index (χ1) is 18.5. The molecule has 8 heteroatoms. The maximum atomic E-state index is 13.9. The largest absolute Gasteiger partial charge is 0.338 e. The van der Waals surface area contributed by atoms with Gasteiger partial charge < -0.3 is 4.57 Å². The summed E-state index contributed by atoms with van der Waals surface area (Å²) >= 11 is 10.5. The van der Waals surface area contributed by atoms with Crippen molar-refractivity contribution >= 4 is 66.3 Å². The molecule has 4 nitrogen and oxygen atoms in total. The number of aromatic nitrogens is 1. The van der Waals surface area contributed by atoms with Crippen molar-refractivity contribution in [1.29, 1.82) is 0 Å². The smallest absolute Gasteiger partial charge is 0.263 e.